The molecular weight excluding hydrogens is 355 g/mol. The summed E-state index contributed by atoms with van der Waals surface area (Å²) in [5.74, 6) is -0.0240. The van der Waals surface area contributed by atoms with Crippen molar-refractivity contribution in [2.24, 2.45) is 0 Å². The molecule has 4 rings (SSSR count). The van der Waals surface area contributed by atoms with E-state index >= 15 is 0 Å². The van der Waals surface area contributed by atoms with Gasteiger partial charge in [-0.15, -0.1) is 12.4 Å². The Morgan fingerprint density at radius 3 is 2.62 bits per heavy atom. The lowest BCUT2D eigenvalue weighted by Gasteiger charge is -2.45. The number of aromatic nitrogens is 1. The number of hydrogen-bond donors (Lipinski definition) is 1. The van der Waals surface area contributed by atoms with Crippen LogP contribution in [0.25, 0.3) is 11.0 Å². The summed E-state index contributed by atoms with van der Waals surface area (Å²) in [6, 6.07) is 4.81. The summed E-state index contributed by atoms with van der Waals surface area (Å²) in [5.41, 5.74) is 0.819. The summed E-state index contributed by atoms with van der Waals surface area (Å²) in [6.45, 7) is 4.39. The van der Waals surface area contributed by atoms with Crippen molar-refractivity contribution >= 4 is 23.4 Å². The molecule has 1 N–H and O–H groups in total. The van der Waals surface area contributed by atoms with Crippen LogP contribution in [0.4, 0.5) is 4.39 Å². The Kier molecular flexibility index (Phi) is 5.90. The van der Waals surface area contributed by atoms with E-state index in [-0.39, 0.29) is 30.2 Å². The molecule has 1 unspecified atom stereocenters. The molecule has 6 heteroatoms. The van der Waals surface area contributed by atoms with Crippen molar-refractivity contribution in [3.8, 4) is 0 Å². The van der Waals surface area contributed by atoms with E-state index in [0.717, 1.165) is 49.9 Å². The third-order valence-corrected chi connectivity index (χ3v) is 6.42. The molecule has 2 aliphatic rings. The van der Waals surface area contributed by atoms with E-state index in [1.807, 2.05) is 0 Å². The van der Waals surface area contributed by atoms with Gasteiger partial charge < -0.3 is 9.63 Å². The fraction of sp³-hybridized carbons (Fsp3) is 0.650. The molecule has 2 fully saturated rings. The molecule has 26 heavy (non-hydrogen) atoms. The van der Waals surface area contributed by atoms with E-state index in [1.54, 1.807) is 6.07 Å². The number of likely N-dealkylation sites (tertiary alicyclic amines) is 1. The molecule has 0 bridgehead atoms. The van der Waals surface area contributed by atoms with Crippen molar-refractivity contribution in [3.63, 3.8) is 0 Å². The maximum atomic E-state index is 13.3. The summed E-state index contributed by atoms with van der Waals surface area (Å²) in [6.07, 6.45) is 7.15. The van der Waals surface area contributed by atoms with E-state index in [2.05, 4.69) is 17.0 Å². The number of rotatable bonds is 3. The number of aliphatic hydroxyl groups is 1. The van der Waals surface area contributed by atoms with Crippen LogP contribution in [-0.4, -0.2) is 39.9 Å². The van der Waals surface area contributed by atoms with Gasteiger partial charge in [-0.2, -0.15) is 0 Å². The van der Waals surface area contributed by atoms with Gasteiger partial charge in [0, 0.05) is 23.4 Å². The molecule has 0 spiro atoms. The molecule has 2 aromatic rings. The highest BCUT2D eigenvalue weighted by Gasteiger charge is 2.41. The Bertz CT molecular complexity index is 736. The SMILES string of the molecule is CC(N1CCCCC1)C1(O)CCC(c2noc3cc(F)ccc23)CC1.Cl. The predicted octanol–water partition coefficient (Wildman–Crippen LogP) is 4.65. The molecule has 1 saturated carbocycles. The largest absolute Gasteiger partial charge is 0.388 e. The van der Waals surface area contributed by atoms with Crippen molar-refractivity contribution in [3.05, 3.63) is 29.7 Å². The van der Waals surface area contributed by atoms with E-state index < -0.39 is 5.60 Å². The lowest BCUT2D eigenvalue weighted by molar-refractivity contribution is -0.0732. The average molecular weight is 383 g/mol. The van der Waals surface area contributed by atoms with Gasteiger partial charge >= 0.3 is 0 Å². The van der Waals surface area contributed by atoms with Gasteiger partial charge in [0.1, 0.15) is 5.82 Å². The third kappa shape index (κ3) is 3.62. The highest BCUT2D eigenvalue weighted by Crippen LogP contribution is 2.42. The predicted molar refractivity (Wildman–Crippen MR) is 102 cm³/mol. The third-order valence-electron chi connectivity index (χ3n) is 6.42. The second-order valence-corrected chi connectivity index (χ2v) is 7.86. The molecular formula is C20H28ClFN2O2. The number of benzene rings is 1. The minimum atomic E-state index is -0.612. The van der Waals surface area contributed by atoms with Crippen molar-refractivity contribution < 1.29 is 14.0 Å². The lowest BCUT2D eigenvalue weighted by atomic mass is 9.73. The lowest BCUT2D eigenvalue weighted by Crippen LogP contribution is -2.54. The molecule has 1 aromatic carbocycles. The Morgan fingerprint density at radius 2 is 1.92 bits per heavy atom. The number of hydrogen-bond acceptors (Lipinski definition) is 4. The first-order valence-electron chi connectivity index (χ1n) is 9.58. The molecule has 2 heterocycles. The van der Waals surface area contributed by atoms with Crippen molar-refractivity contribution in [2.45, 2.75) is 69.4 Å². The van der Waals surface area contributed by atoms with Crippen molar-refractivity contribution in [1.29, 1.82) is 0 Å². The minimum Gasteiger partial charge on any atom is -0.388 e. The molecule has 0 amide bonds. The van der Waals surface area contributed by atoms with Crippen molar-refractivity contribution in [2.75, 3.05) is 13.1 Å². The van der Waals surface area contributed by atoms with Crippen LogP contribution in [0.2, 0.25) is 0 Å². The van der Waals surface area contributed by atoms with Crippen LogP contribution < -0.4 is 0 Å². The second-order valence-electron chi connectivity index (χ2n) is 7.86. The van der Waals surface area contributed by atoms with Crippen LogP contribution in [0.5, 0.6) is 0 Å². The van der Waals surface area contributed by atoms with E-state index in [0.29, 0.717) is 5.58 Å². The second kappa shape index (κ2) is 7.83. The summed E-state index contributed by atoms with van der Waals surface area (Å²) in [5, 5.41) is 16.3. The van der Waals surface area contributed by atoms with Gasteiger partial charge in [-0.1, -0.05) is 11.6 Å². The van der Waals surface area contributed by atoms with Crippen LogP contribution in [0, 0.1) is 5.82 Å². The monoisotopic (exact) mass is 382 g/mol. The maximum Gasteiger partial charge on any atom is 0.170 e. The summed E-state index contributed by atoms with van der Waals surface area (Å²) in [4.78, 5) is 2.46. The molecule has 1 aromatic heterocycles. The highest BCUT2D eigenvalue weighted by molar-refractivity contribution is 5.85. The minimum absolute atomic E-state index is 0. The van der Waals surface area contributed by atoms with Gasteiger partial charge in [0.2, 0.25) is 0 Å². The summed E-state index contributed by atoms with van der Waals surface area (Å²) >= 11 is 0. The van der Waals surface area contributed by atoms with Gasteiger partial charge in [-0.25, -0.2) is 4.39 Å². The Morgan fingerprint density at radius 1 is 1.23 bits per heavy atom. The van der Waals surface area contributed by atoms with E-state index in [4.69, 9.17) is 4.52 Å². The standard InChI is InChI=1S/C20H27FN2O2.ClH/c1-14(23-11-3-2-4-12-23)20(24)9-7-15(8-10-20)19-17-6-5-16(21)13-18(17)25-22-19;/h5-6,13-15,24H,2-4,7-12H2,1H3;1H. The number of fused-ring (bicyclic) bond motifs is 1. The fourth-order valence-corrected chi connectivity index (χ4v) is 4.68. The van der Waals surface area contributed by atoms with E-state index in [1.165, 1.54) is 31.4 Å². The molecule has 4 nitrogen and oxygen atoms in total. The van der Waals surface area contributed by atoms with Crippen LogP contribution in [-0.2, 0) is 0 Å². The van der Waals surface area contributed by atoms with Gasteiger partial charge in [0.05, 0.1) is 11.3 Å². The zero-order chi connectivity index (χ0) is 17.4. The van der Waals surface area contributed by atoms with Gasteiger partial charge in [0.25, 0.3) is 0 Å². The van der Waals surface area contributed by atoms with Gasteiger partial charge in [-0.05, 0) is 70.7 Å². The normalized spacial score (nSPS) is 28.7. The first-order valence-corrected chi connectivity index (χ1v) is 9.58. The fourth-order valence-electron chi connectivity index (χ4n) is 4.68. The van der Waals surface area contributed by atoms with Gasteiger partial charge in [0.15, 0.2) is 5.58 Å². The number of piperidine rings is 1. The van der Waals surface area contributed by atoms with Gasteiger partial charge in [-0.3, -0.25) is 4.90 Å². The van der Waals surface area contributed by atoms with Crippen LogP contribution in [0.3, 0.4) is 0 Å². The molecule has 144 valence electrons. The van der Waals surface area contributed by atoms with E-state index in [9.17, 15) is 9.50 Å². The first kappa shape index (κ1) is 19.6. The topological polar surface area (TPSA) is 49.5 Å². The van der Waals surface area contributed by atoms with Crippen LogP contribution >= 0.6 is 12.4 Å². The Hall–Kier alpha value is -1.17. The van der Waals surface area contributed by atoms with Crippen molar-refractivity contribution in [1.82, 2.24) is 10.1 Å². The summed E-state index contributed by atoms with van der Waals surface area (Å²) < 4.78 is 18.6. The zero-order valence-corrected chi connectivity index (χ0v) is 16.1. The molecule has 0 radical (unpaired) electrons. The van der Waals surface area contributed by atoms with Crippen LogP contribution in [0.1, 0.15) is 63.5 Å². The molecule has 1 saturated heterocycles. The summed E-state index contributed by atoms with van der Waals surface area (Å²) in [7, 11) is 0. The Balaban J connectivity index is 0.00000196. The molecule has 1 aliphatic carbocycles. The molecule has 1 aliphatic heterocycles. The molecule has 1 atom stereocenters. The highest BCUT2D eigenvalue weighted by atomic mass is 35.5. The number of nitrogens with zero attached hydrogens (tertiary/aromatic N) is 2. The Labute approximate surface area is 160 Å². The maximum absolute atomic E-state index is 13.3. The average Bonchev–Trinajstić information content (AvgIpc) is 3.05. The number of halogens is 2. The zero-order valence-electron chi connectivity index (χ0n) is 15.3. The smallest absolute Gasteiger partial charge is 0.170 e. The van der Waals surface area contributed by atoms with Crippen LogP contribution in [0.15, 0.2) is 22.7 Å². The first-order chi connectivity index (χ1) is 12.1. The quantitative estimate of drug-likeness (QED) is 0.839.